The van der Waals surface area contributed by atoms with E-state index in [9.17, 15) is 0 Å². The molecule has 2 heteroatoms. The van der Waals surface area contributed by atoms with Crippen LogP contribution in [0.15, 0.2) is 24.3 Å². The molecule has 1 aromatic carbocycles. The Morgan fingerprint density at radius 2 is 1.76 bits per heavy atom. The Hall–Kier alpha value is -0.860. The maximum Gasteiger partial charge on any atom is 0.0104 e. The van der Waals surface area contributed by atoms with Crippen LogP contribution in [-0.2, 0) is 11.8 Å². The molecule has 2 rings (SSSR count). The molecule has 1 saturated carbocycles. The minimum Gasteiger partial charge on any atom is -0.328 e. The summed E-state index contributed by atoms with van der Waals surface area (Å²) in [5.41, 5.74) is 8.97. The topological polar surface area (TPSA) is 29.3 Å². The van der Waals surface area contributed by atoms with Gasteiger partial charge in [-0.1, -0.05) is 45.0 Å². The van der Waals surface area contributed by atoms with Gasteiger partial charge in [0.25, 0.3) is 0 Å². The fourth-order valence-corrected chi connectivity index (χ4v) is 3.16. The lowest BCUT2D eigenvalue weighted by Gasteiger charge is -2.37. The molecule has 118 valence electrons. The molecule has 1 aliphatic carbocycles. The SMILES string of the molecule is CC(Cc1ccc(C(C)(C)C)cc1)N(C)CC1CC(N)C1. The second-order valence-electron chi connectivity index (χ2n) is 8.04. The first kappa shape index (κ1) is 16.5. The third kappa shape index (κ3) is 4.55. The van der Waals surface area contributed by atoms with Crippen LogP contribution in [0.3, 0.4) is 0 Å². The number of nitrogens with two attached hydrogens (primary N) is 1. The van der Waals surface area contributed by atoms with Crippen LogP contribution >= 0.6 is 0 Å². The van der Waals surface area contributed by atoms with Crippen molar-refractivity contribution in [3.8, 4) is 0 Å². The van der Waals surface area contributed by atoms with Gasteiger partial charge in [0.2, 0.25) is 0 Å². The average molecular weight is 288 g/mol. The van der Waals surface area contributed by atoms with Crippen molar-refractivity contribution >= 4 is 0 Å². The van der Waals surface area contributed by atoms with E-state index in [1.807, 2.05) is 0 Å². The van der Waals surface area contributed by atoms with Crippen molar-refractivity contribution in [1.82, 2.24) is 4.90 Å². The molecule has 0 aliphatic heterocycles. The first-order valence-electron chi connectivity index (χ1n) is 8.31. The molecular formula is C19H32N2. The predicted octanol–water partition coefficient (Wildman–Crippen LogP) is 3.58. The first-order chi connectivity index (χ1) is 9.75. The highest BCUT2D eigenvalue weighted by molar-refractivity contribution is 5.27. The standard InChI is InChI=1S/C19H32N2/c1-14(21(5)13-16-11-18(20)12-16)10-15-6-8-17(9-7-15)19(2,3)4/h6-9,14,16,18H,10-13,20H2,1-5H3. The summed E-state index contributed by atoms with van der Waals surface area (Å²) in [6.07, 6.45) is 3.54. The molecule has 0 saturated heterocycles. The van der Waals surface area contributed by atoms with Crippen molar-refractivity contribution in [2.45, 2.75) is 64.5 Å². The van der Waals surface area contributed by atoms with Crippen LogP contribution in [0.1, 0.15) is 51.7 Å². The molecule has 1 fully saturated rings. The minimum absolute atomic E-state index is 0.240. The highest BCUT2D eigenvalue weighted by Gasteiger charge is 2.27. The average Bonchev–Trinajstić information content (AvgIpc) is 2.36. The number of nitrogens with zero attached hydrogens (tertiary/aromatic N) is 1. The van der Waals surface area contributed by atoms with Gasteiger partial charge in [-0.05, 0) is 55.7 Å². The monoisotopic (exact) mass is 288 g/mol. The number of rotatable bonds is 5. The van der Waals surface area contributed by atoms with Crippen molar-refractivity contribution in [2.24, 2.45) is 11.7 Å². The highest BCUT2D eigenvalue weighted by Crippen LogP contribution is 2.27. The molecule has 0 heterocycles. The molecule has 1 aliphatic rings. The Morgan fingerprint density at radius 1 is 1.19 bits per heavy atom. The Balaban J connectivity index is 1.85. The van der Waals surface area contributed by atoms with Crippen LogP contribution in [0.25, 0.3) is 0 Å². The van der Waals surface area contributed by atoms with E-state index in [4.69, 9.17) is 5.73 Å². The molecule has 2 N–H and O–H groups in total. The summed E-state index contributed by atoms with van der Waals surface area (Å²) in [4.78, 5) is 2.49. The fraction of sp³-hybridized carbons (Fsp3) is 0.684. The molecule has 0 aromatic heterocycles. The fourth-order valence-electron chi connectivity index (χ4n) is 3.16. The molecule has 0 bridgehead atoms. The smallest absolute Gasteiger partial charge is 0.0104 e. The van der Waals surface area contributed by atoms with Crippen LogP contribution in [0.2, 0.25) is 0 Å². The van der Waals surface area contributed by atoms with Crippen LogP contribution < -0.4 is 5.73 Å². The van der Waals surface area contributed by atoms with Crippen LogP contribution in [0.4, 0.5) is 0 Å². The van der Waals surface area contributed by atoms with E-state index in [0.717, 1.165) is 12.3 Å². The van der Waals surface area contributed by atoms with E-state index < -0.39 is 0 Å². The third-order valence-electron chi connectivity index (χ3n) is 4.92. The summed E-state index contributed by atoms with van der Waals surface area (Å²) >= 11 is 0. The van der Waals surface area contributed by atoms with E-state index in [1.54, 1.807) is 0 Å². The molecule has 0 spiro atoms. The molecule has 0 amide bonds. The Morgan fingerprint density at radius 3 is 2.24 bits per heavy atom. The summed E-state index contributed by atoms with van der Waals surface area (Å²) in [6, 6.07) is 10.2. The molecule has 1 atom stereocenters. The maximum absolute atomic E-state index is 5.87. The number of hydrogen-bond donors (Lipinski definition) is 1. The van der Waals surface area contributed by atoms with Gasteiger partial charge >= 0.3 is 0 Å². The van der Waals surface area contributed by atoms with Crippen molar-refractivity contribution < 1.29 is 0 Å². The Bertz CT molecular complexity index is 438. The maximum atomic E-state index is 5.87. The second-order valence-corrected chi connectivity index (χ2v) is 8.04. The summed E-state index contributed by atoms with van der Waals surface area (Å²) in [5, 5.41) is 0. The van der Waals surface area contributed by atoms with E-state index in [1.165, 1.54) is 30.5 Å². The van der Waals surface area contributed by atoms with Gasteiger partial charge in [0, 0.05) is 18.6 Å². The van der Waals surface area contributed by atoms with Gasteiger partial charge in [-0.3, -0.25) is 0 Å². The zero-order valence-corrected chi connectivity index (χ0v) is 14.4. The number of likely N-dealkylation sites (N-methyl/N-ethyl adjacent to an activating group) is 1. The van der Waals surface area contributed by atoms with Gasteiger partial charge in [0.05, 0.1) is 0 Å². The summed E-state index contributed by atoms with van der Waals surface area (Å²) in [7, 11) is 2.25. The van der Waals surface area contributed by atoms with Gasteiger partial charge in [-0.2, -0.15) is 0 Å². The minimum atomic E-state index is 0.240. The van der Waals surface area contributed by atoms with E-state index in [-0.39, 0.29) is 5.41 Å². The normalized spacial score (nSPS) is 24.0. The summed E-state index contributed by atoms with van der Waals surface area (Å²) < 4.78 is 0. The highest BCUT2D eigenvalue weighted by atomic mass is 15.1. The zero-order chi connectivity index (χ0) is 15.6. The van der Waals surface area contributed by atoms with Crippen LogP contribution in [-0.4, -0.2) is 30.6 Å². The number of hydrogen-bond acceptors (Lipinski definition) is 2. The molecule has 21 heavy (non-hydrogen) atoms. The predicted molar refractivity (Wildman–Crippen MR) is 91.6 cm³/mol. The van der Waals surface area contributed by atoms with Crippen molar-refractivity contribution in [1.29, 1.82) is 0 Å². The lowest BCUT2D eigenvalue weighted by atomic mass is 9.80. The quantitative estimate of drug-likeness (QED) is 0.897. The molecule has 1 unspecified atom stereocenters. The Kier molecular flexibility index (Phi) is 5.11. The molecule has 1 aromatic rings. The second kappa shape index (κ2) is 6.50. The van der Waals surface area contributed by atoms with Crippen molar-refractivity contribution in [3.63, 3.8) is 0 Å². The lowest BCUT2D eigenvalue weighted by molar-refractivity contribution is 0.153. The lowest BCUT2D eigenvalue weighted by Crippen LogP contribution is -2.44. The number of benzene rings is 1. The van der Waals surface area contributed by atoms with Crippen molar-refractivity contribution in [3.05, 3.63) is 35.4 Å². The van der Waals surface area contributed by atoms with Crippen LogP contribution in [0.5, 0.6) is 0 Å². The van der Waals surface area contributed by atoms with Gasteiger partial charge in [-0.25, -0.2) is 0 Å². The Labute approximate surface area is 130 Å². The van der Waals surface area contributed by atoms with E-state index in [2.05, 4.69) is 63.9 Å². The van der Waals surface area contributed by atoms with E-state index >= 15 is 0 Å². The van der Waals surface area contributed by atoms with Gasteiger partial charge in [-0.15, -0.1) is 0 Å². The third-order valence-corrected chi connectivity index (χ3v) is 4.92. The van der Waals surface area contributed by atoms with E-state index in [0.29, 0.717) is 12.1 Å². The van der Waals surface area contributed by atoms with Gasteiger partial charge < -0.3 is 10.6 Å². The first-order valence-corrected chi connectivity index (χ1v) is 8.31. The molecular weight excluding hydrogens is 256 g/mol. The molecule has 0 radical (unpaired) electrons. The summed E-state index contributed by atoms with van der Waals surface area (Å²) in [6.45, 7) is 10.3. The van der Waals surface area contributed by atoms with Gasteiger partial charge in [0.1, 0.15) is 0 Å². The molecule has 2 nitrogen and oxygen atoms in total. The van der Waals surface area contributed by atoms with Gasteiger partial charge in [0.15, 0.2) is 0 Å². The largest absolute Gasteiger partial charge is 0.328 e. The summed E-state index contributed by atoms with van der Waals surface area (Å²) in [5.74, 6) is 0.815. The van der Waals surface area contributed by atoms with Crippen molar-refractivity contribution in [2.75, 3.05) is 13.6 Å². The zero-order valence-electron chi connectivity index (χ0n) is 14.4. The van der Waals surface area contributed by atoms with Crippen LogP contribution in [0, 0.1) is 5.92 Å².